The van der Waals surface area contributed by atoms with Crippen molar-refractivity contribution in [2.75, 3.05) is 7.05 Å². The van der Waals surface area contributed by atoms with Gasteiger partial charge in [0, 0.05) is 24.4 Å². The highest BCUT2D eigenvalue weighted by atomic mass is 79.9. The van der Waals surface area contributed by atoms with Gasteiger partial charge in [0.05, 0.1) is 0 Å². The molecule has 0 spiro atoms. The van der Waals surface area contributed by atoms with E-state index in [1.807, 2.05) is 17.1 Å². The molecule has 2 aromatic rings. The summed E-state index contributed by atoms with van der Waals surface area (Å²) in [4.78, 5) is 2.14. The molecule has 0 N–H and O–H groups in total. The van der Waals surface area contributed by atoms with Crippen LogP contribution in [0.5, 0.6) is 0 Å². The van der Waals surface area contributed by atoms with Crippen LogP contribution in [-0.4, -0.2) is 27.9 Å². The van der Waals surface area contributed by atoms with Gasteiger partial charge in [-0.25, -0.2) is 5.01 Å². The van der Waals surface area contributed by atoms with Gasteiger partial charge in [0.25, 0.3) is 0 Å². The summed E-state index contributed by atoms with van der Waals surface area (Å²) in [6.07, 6.45) is 4.46. The molecule has 0 radical (unpaired) electrons. The van der Waals surface area contributed by atoms with Gasteiger partial charge in [0.1, 0.15) is 0 Å². The number of rotatable bonds is 2. The lowest BCUT2D eigenvalue weighted by Gasteiger charge is -2.32. The van der Waals surface area contributed by atoms with Crippen LogP contribution in [-0.2, 0) is 0 Å². The summed E-state index contributed by atoms with van der Waals surface area (Å²) in [5, 5.41) is 6.64. The third-order valence-electron chi connectivity index (χ3n) is 4.18. The van der Waals surface area contributed by atoms with Gasteiger partial charge >= 0.3 is 0 Å². The second kappa shape index (κ2) is 5.70. The summed E-state index contributed by atoms with van der Waals surface area (Å²) < 4.78 is 0.842. The number of halogens is 1. The molecule has 4 heteroatoms. The standard InChI is InChI=1S/C19H16BrN3/c1-22-18-17(15-10-6-3-7-11-15)12-16(13-23(18)21-19(22)20)14-8-4-2-5-9-14/h2-13,18H,1H3. The van der Waals surface area contributed by atoms with Crippen LogP contribution < -0.4 is 0 Å². The maximum Gasteiger partial charge on any atom is 0.194 e. The van der Waals surface area contributed by atoms with Crippen molar-refractivity contribution < 1.29 is 0 Å². The lowest BCUT2D eigenvalue weighted by atomic mass is 9.94. The van der Waals surface area contributed by atoms with Crippen LogP contribution in [0.3, 0.4) is 0 Å². The molecular weight excluding hydrogens is 350 g/mol. The van der Waals surface area contributed by atoms with Gasteiger partial charge in [-0.15, -0.1) is 5.10 Å². The average molecular weight is 366 g/mol. The largest absolute Gasteiger partial charge is 0.326 e. The topological polar surface area (TPSA) is 18.8 Å². The van der Waals surface area contributed by atoms with E-state index in [1.54, 1.807) is 0 Å². The quantitative estimate of drug-likeness (QED) is 0.736. The minimum atomic E-state index is 0.0826. The molecule has 4 rings (SSSR count). The van der Waals surface area contributed by atoms with E-state index >= 15 is 0 Å². The monoisotopic (exact) mass is 365 g/mol. The molecule has 2 aromatic carbocycles. The van der Waals surface area contributed by atoms with E-state index in [0.29, 0.717) is 0 Å². The van der Waals surface area contributed by atoms with Gasteiger partial charge in [0.2, 0.25) is 0 Å². The SMILES string of the molecule is CN1C(Br)=NN2C=C(c3ccccc3)C=C(c3ccccc3)C21. The second-order valence-electron chi connectivity index (χ2n) is 5.65. The summed E-state index contributed by atoms with van der Waals surface area (Å²) >= 11 is 3.55. The van der Waals surface area contributed by atoms with E-state index < -0.39 is 0 Å². The second-order valence-corrected chi connectivity index (χ2v) is 6.36. The van der Waals surface area contributed by atoms with Crippen LogP contribution in [0.15, 0.2) is 78.0 Å². The molecule has 2 aliphatic rings. The fourth-order valence-corrected chi connectivity index (χ4v) is 3.40. The fraction of sp³-hybridized carbons (Fsp3) is 0.105. The minimum Gasteiger partial charge on any atom is -0.326 e. The van der Waals surface area contributed by atoms with E-state index in [9.17, 15) is 0 Å². The van der Waals surface area contributed by atoms with Gasteiger partial charge in [-0.2, -0.15) is 0 Å². The zero-order valence-corrected chi connectivity index (χ0v) is 14.3. The first-order valence-corrected chi connectivity index (χ1v) is 8.33. The number of nitrogens with zero attached hydrogens (tertiary/aromatic N) is 3. The maximum absolute atomic E-state index is 4.62. The highest BCUT2D eigenvalue weighted by Gasteiger charge is 2.35. The number of hydrogen-bond acceptors (Lipinski definition) is 3. The van der Waals surface area contributed by atoms with E-state index in [-0.39, 0.29) is 6.17 Å². The number of likely N-dealkylation sites (N-methyl/N-ethyl adjacent to an activating group) is 1. The predicted octanol–water partition coefficient (Wildman–Crippen LogP) is 4.36. The van der Waals surface area contributed by atoms with E-state index in [4.69, 9.17) is 0 Å². The van der Waals surface area contributed by atoms with Crippen LogP contribution in [0.25, 0.3) is 11.1 Å². The molecule has 2 aliphatic heterocycles. The highest BCUT2D eigenvalue weighted by molar-refractivity contribution is 9.18. The summed E-state index contributed by atoms with van der Waals surface area (Å²) in [5.41, 5.74) is 4.82. The van der Waals surface area contributed by atoms with Crippen LogP contribution in [0, 0.1) is 0 Å². The Morgan fingerprint density at radius 1 is 0.913 bits per heavy atom. The van der Waals surface area contributed by atoms with Crippen molar-refractivity contribution in [3.8, 4) is 0 Å². The Labute approximate surface area is 144 Å². The van der Waals surface area contributed by atoms with Gasteiger partial charge in [0.15, 0.2) is 10.9 Å². The van der Waals surface area contributed by atoms with Crippen LogP contribution in [0.1, 0.15) is 11.1 Å². The Morgan fingerprint density at radius 3 is 2.17 bits per heavy atom. The van der Waals surface area contributed by atoms with Crippen molar-refractivity contribution in [2.24, 2.45) is 5.10 Å². The molecule has 3 nitrogen and oxygen atoms in total. The Kier molecular flexibility index (Phi) is 3.54. The third kappa shape index (κ3) is 2.49. The lowest BCUT2D eigenvalue weighted by Crippen LogP contribution is -2.38. The molecule has 0 bridgehead atoms. The van der Waals surface area contributed by atoms with Crippen LogP contribution in [0.4, 0.5) is 0 Å². The molecule has 2 heterocycles. The molecule has 23 heavy (non-hydrogen) atoms. The molecule has 1 unspecified atom stereocenters. The maximum atomic E-state index is 4.62. The average Bonchev–Trinajstić information content (AvgIpc) is 2.90. The van der Waals surface area contributed by atoms with Crippen molar-refractivity contribution in [3.05, 3.63) is 84.1 Å². The van der Waals surface area contributed by atoms with Crippen LogP contribution in [0.2, 0.25) is 0 Å². The number of hydrogen-bond donors (Lipinski definition) is 0. The van der Waals surface area contributed by atoms with Crippen molar-refractivity contribution >= 4 is 31.8 Å². The molecule has 0 saturated heterocycles. The third-order valence-corrected chi connectivity index (χ3v) is 4.90. The number of hydrazone groups is 1. The van der Waals surface area contributed by atoms with Crippen molar-refractivity contribution in [3.63, 3.8) is 0 Å². The summed E-state index contributed by atoms with van der Waals surface area (Å²) in [6, 6.07) is 20.9. The first kappa shape index (κ1) is 14.3. The smallest absolute Gasteiger partial charge is 0.194 e. The zero-order chi connectivity index (χ0) is 15.8. The van der Waals surface area contributed by atoms with Gasteiger partial charge in [-0.05, 0) is 33.1 Å². The molecule has 0 aliphatic carbocycles. The molecule has 114 valence electrons. The lowest BCUT2D eigenvalue weighted by molar-refractivity contribution is 0.265. The van der Waals surface area contributed by atoms with E-state index in [2.05, 4.69) is 93.8 Å². The number of allylic oxidation sites excluding steroid dienone is 2. The zero-order valence-electron chi connectivity index (χ0n) is 12.7. The van der Waals surface area contributed by atoms with Gasteiger partial charge in [-0.3, -0.25) is 0 Å². The number of benzene rings is 2. The first-order valence-electron chi connectivity index (χ1n) is 7.53. The Hall–Kier alpha value is -2.33. The van der Waals surface area contributed by atoms with Crippen molar-refractivity contribution in [1.82, 2.24) is 9.91 Å². The molecule has 0 fully saturated rings. The number of amidine groups is 1. The minimum absolute atomic E-state index is 0.0826. The van der Waals surface area contributed by atoms with Gasteiger partial charge < -0.3 is 4.90 Å². The van der Waals surface area contributed by atoms with Crippen molar-refractivity contribution in [2.45, 2.75) is 6.17 Å². The first-order chi connectivity index (χ1) is 11.2. The Bertz CT molecular complexity index is 809. The molecule has 0 aromatic heterocycles. The molecule has 0 saturated carbocycles. The van der Waals surface area contributed by atoms with Crippen LogP contribution >= 0.6 is 15.9 Å². The number of fused-ring (bicyclic) bond motifs is 1. The summed E-state index contributed by atoms with van der Waals surface area (Å²) in [6.45, 7) is 0. The van der Waals surface area contributed by atoms with Crippen molar-refractivity contribution in [1.29, 1.82) is 0 Å². The Balaban J connectivity index is 1.85. The predicted molar refractivity (Wildman–Crippen MR) is 98.6 cm³/mol. The van der Waals surface area contributed by atoms with E-state index in [1.165, 1.54) is 22.3 Å². The summed E-state index contributed by atoms with van der Waals surface area (Å²) in [5.74, 6) is 0. The Morgan fingerprint density at radius 2 is 1.52 bits per heavy atom. The van der Waals surface area contributed by atoms with Gasteiger partial charge in [-0.1, -0.05) is 60.7 Å². The normalized spacial score (nSPS) is 19.9. The highest BCUT2D eigenvalue weighted by Crippen LogP contribution is 2.37. The fourth-order valence-electron chi connectivity index (χ4n) is 3.02. The summed E-state index contributed by atoms with van der Waals surface area (Å²) in [7, 11) is 2.05. The molecule has 1 atom stereocenters. The molecular formula is C19H16BrN3. The van der Waals surface area contributed by atoms with E-state index in [0.717, 1.165) is 4.74 Å². The molecule has 0 amide bonds.